The van der Waals surface area contributed by atoms with Gasteiger partial charge in [0.15, 0.2) is 5.78 Å². The van der Waals surface area contributed by atoms with Crippen molar-refractivity contribution in [2.24, 2.45) is 0 Å². The van der Waals surface area contributed by atoms with Crippen molar-refractivity contribution in [2.45, 2.75) is 25.9 Å². The number of methoxy groups -OCH3 is 1. The van der Waals surface area contributed by atoms with Crippen LogP contribution in [-0.2, 0) is 4.74 Å². The van der Waals surface area contributed by atoms with Crippen LogP contribution in [0.3, 0.4) is 0 Å². The molecule has 1 aliphatic heterocycles. The molecular weight excluding hydrogens is 333 g/mol. The van der Waals surface area contributed by atoms with E-state index in [1.807, 2.05) is 0 Å². The molecular formula is C21H22FNO3. The van der Waals surface area contributed by atoms with E-state index in [0.717, 1.165) is 19.4 Å². The van der Waals surface area contributed by atoms with Gasteiger partial charge in [-0.2, -0.15) is 0 Å². The van der Waals surface area contributed by atoms with Gasteiger partial charge in [-0.25, -0.2) is 4.39 Å². The standard InChI is InChI=1S/C21H22FNO3/c1-14(24)17-9-10-20(22)19(12-17)15-5-7-16(8-6-15)21(25)23-11-3-4-18(13-23)26-2/h5-10,12,18H,3-4,11,13H2,1-2H3/t18-/m1/s1. The molecule has 2 aromatic rings. The maximum Gasteiger partial charge on any atom is 0.253 e. The number of Topliss-reactive ketones (excluding diaryl/α,β-unsaturated/α-hetero) is 1. The Hall–Kier alpha value is -2.53. The molecule has 1 heterocycles. The van der Waals surface area contributed by atoms with Crippen molar-refractivity contribution in [1.29, 1.82) is 0 Å². The summed E-state index contributed by atoms with van der Waals surface area (Å²) in [6.07, 6.45) is 1.96. The van der Waals surface area contributed by atoms with Gasteiger partial charge >= 0.3 is 0 Å². The first-order valence-electron chi connectivity index (χ1n) is 8.72. The maximum absolute atomic E-state index is 14.2. The highest BCUT2D eigenvalue weighted by Gasteiger charge is 2.24. The number of ether oxygens (including phenoxy) is 1. The van der Waals surface area contributed by atoms with Crippen LogP contribution in [0.2, 0.25) is 0 Å². The molecule has 0 N–H and O–H groups in total. The van der Waals surface area contributed by atoms with Gasteiger partial charge in [0.25, 0.3) is 5.91 Å². The molecule has 1 atom stereocenters. The molecule has 0 radical (unpaired) electrons. The van der Waals surface area contributed by atoms with Gasteiger partial charge in [-0.05, 0) is 55.7 Å². The van der Waals surface area contributed by atoms with Crippen LogP contribution in [-0.4, -0.2) is 42.9 Å². The third kappa shape index (κ3) is 3.83. The highest BCUT2D eigenvalue weighted by molar-refractivity contribution is 5.96. The summed E-state index contributed by atoms with van der Waals surface area (Å²) in [5.74, 6) is -0.555. The average Bonchev–Trinajstić information content (AvgIpc) is 2.68. The van der Waals surface area contributed by atoms with Crippen molar-refractivity contribution >= 4 is 11.7 Å². The van der Waals surface area contributed by atoms with Crippen LogP contribution in [0.1, 0.15) is 40.5 Å². The molecule has 0 aliphatic carbocycles. The Labute approximate surface area is 152 Å². The summed E-state index contributed by atoms with van der Waals surface area (Å²) in [6, 6.07) is 11.1. The van der Waals surface area contributed by atoms with Crippen LogP contribution in [0.5, 0.6) is 0 Å². The Morgan fingerprint density at radius 2 is 1.81 bits per heavy atom. The zero-order valence-corrected chi connectivity index (χ0v) is 15.0. The van der Waals surface area contributed by atoms with Gasteiger partial charge in [0.2, 0.25) is 0 Å². The van der Waals surface area contributed by atoms with E-state index in [1.54, 1.807) is 42.3 Å². The summed E-state index contributed by atoms with van der Waals surface area (Å²) >= 11 is 0. The van der Waals surface area contributed by atoms with Gasteiger partial charge in [-0.1, -0.05) is 12.1 Å². The molecule has 26 heavy (non-hydrogen) atoms. The van der Waals surface area contributed by atoms with Crippen molar-refractivity contribution < 1.29 is 18.7 Å². The lowest BCUT2D eigenvalue weighted by Crippen LogP contribution is -2.42. The number of carbonyl (C=O) groups excluding carboxylic acids is 2. The van der Waals surface area contributed by atoms with Crippen molar-refractivity contribution in [3.05, 3.63) is 59.4 Å². The third-order valence-corrected chi connectivity index (χ3v) is 4.81. The van der Waals surface area contributed by atoms with Gasteiger partial charge < -0.3 is 9.64 Å². The molecule has 0 aromatic heterocycles. The second kappa shape index (κ2) is 7.79. The Morgan fingerprint density at radius 3 is 2.46 bits per heavy atom. The predicted octanol–water partition coefficient (Wildman–Crippen LogP) is 3.95. The van der Waals surface area contributed by atoms with E-state index in [9.17, 15) is 14.0 Å². The molecule has 1 amide bonds. The minimum Gasteiger partial charge on any atom is -0.380 e. The normalized spacial score (nSPS) is 17.2. The quantitative estimate of drug-likeness (QED) is 0.780. The fourth-order valence-electron chi connectivity index (χ4n) is 3.26. The fourth-order valence-corrected chi connectivity index (χ4v) is 3.26. The molecule has 1 aliphatic rings. The minimum atomic E-state index is -0.395. The number of hydrogen-bond acceptors (Lipinski definition) is 3. The first kappa shape index (κ1) is 18.3. The van der Waals surface area contributed by atoms with Crippen LogP contribution in [0, 0.1) is 5.82 Å². The molecule has 0 saturated carbocycles. The van der Waals surface area contributed by atoms with Crippen LogP contribution >= 0.6 is 0 Å². The lowest BCUT2D eigenvalue weighted by molar-refractivity contribution is 0.0269. The first-order valence-corrected chi connectivity index (χ1v) is 8.72. The summed E-state index contributed by atoms with van der Waals surface area (Å²) in [6.45, 7) is 2.76. The summed E-state index contributed by atoms with van der Waals surface area (Å²) in [4.78, 5) is 26.0. The highest BCUT2D eigenvalue weighted by Crippen LogP contribution is 2.25. The first-order chi connectivity index (χ1) is 12.5. The molecule has 0 bridgehead atoms. The van der Waals surface area contributed by atoms with Crippen LogP contribution in [0.25, 0.3) is 11.1 Å². The Bertz CT molecular complexity index is 817. The summed E-state index contributed by atoms with van der Waals surface area (Å²) in [5.41, 5.74) is 2.01. The molecule has 2 aromatic carbocycles. The largest absolute Gasteiger partial charge is 0.380 e. The van der Waals surface area contributed by atoms with Crippen LogP contribution in [0.4, 0.5) is 4.39 Å². The number of benzene rings is 2. The number of likely N-dealkylation sites (tertiary alicyclic amines) is 1. The van der Waals surface area contributed by atoms with E-state index in [4.69, 9.17) is 4.74 Å². The Balaban J connectivity index is 1.81. The average molecular weight is 355 g/mol. The Morgan fingerprint density at radius 1 is 1.12 bits per heavy atom. The summed E-state index contributed by atoms with van der Waals surface area (Å²) < 4.78 is 19.5. The van der Waals surface area contributed by atoms with E-state index in [2.05, 4.69) is 0 Å². The molecule has 5 heteroatoms. The predicted molar refractivity (Wildman–Crippen MR) is 97.8 cm³/mol. The molecule has 1 fully saturated rings. The smallest absolute Gasteiger partial charge is 0.253 e. The number of halogens is 1. The summed E-state index contributed by atoms with van der Waals surface area (Å²) in [5, 5.41) is 0. The molecule has 136 valence electrons. The number of amides is 1. The lowest BCUT2D eigenvalue weighted by atomic mass is 9.99. The highest BCUT2D eigenvalue weighted by atomic mass is 19.1. The van der Waals surface area contributed by atoms with Gasteiger partial charge in [0.1, 0.15) is 5.82 Å². The number of ketones is 1. The molecule has 1 saturated heterocycles. The minimum absolute atomic E-state index is 0.0451. The molecule has 0 spiro atoms. The topological polar surface area (TPSA) is 46.6 Å². The second-order valence-electron chi connectivity index (χ2n) is 6.58. The van der Waals surface area contributed by atoms with Crippen LogP contribution in [0.15, 0.2) is 42.5 Å². The van der Waals surface area contributed by atoms with Gasteiger partial charge in [0, 0.05) is 36.9 Å². The molecule has 3 rings (SSSR count). The number of piperidine rings is 1. The van der Waals surface area contributed by atoms with Crippen molar-refractivity contribution in [1.82, 2.24) is 4.90 Å². The Kier molecular flexibility index (Phi) is 5.47. The zero-order valence-electron chi connectivity index (χ0n) is 15.0. The van der Waals surface area contributed by atoms with E-state index in [0.29, 0.717) is 28.8 Å². The van der Waals surface area contributed by atoms with Crippen molar-refractivity contribution in [3.8, 4) is 11.1 Å². The van der Waals surface area contributed by atoms with E-state index >= 15 is 0 Å². The molecule has 0 unspecified atom stereocenters. The number of rotatable bonds is 4. The van der Waals surface area contributed by atoms with Crippen molar-refractivity contribution in [2.75, 3.05) is 20.2 Å². The summed E-state index contributed by atoms with van der Waals surface area (Å²) in [7, 11) is 1.66. The maximum atomic E-state index is 14.2. The SMILES string of the molecule is CO[C@@H]1CCCN(C(=O)c2ccc(-c3cc(C(C)=O)ccc3F)cc2)C1. The van der Waals surface area contributed by atoms with Gasteiger partial charge in [0.05, 0.1) is 6.10 Å². The monoisotopic (exact) mass is 355 g/mol. The van der Waals surface area contributed by atoms with Gasteiger partial charge in [-0.3, -0.25) is 9.59 Å². The van der Waals surface area contributed by atoms with E-state index < -0.39 is 5.82 Å². The number of carbonyl (C=O) groups is 2. The number of hydrogen-bond donors (Lipinski definition) is 0. The van der Waals surface area contributed by atoms with E-state index in [1.165, 1.54) is 19.1 Å². The van der Waals surface area contributed by atoms with E-state index in [-0.39, 0.29) is 17.8 Å². The zero-order chi connectivity index (χ0) is 18.7. The lowest BCUT2D eigenvalue weighted by Gasteiger charge is -2.32. The van der Waals surface area contributed by atoms with Gasteiger partial charge in [-0.15, -0.1) is 0 Å². The molecule has 4 nitrogen and oxygen atoms in total. The second-order valence-corrected chi connectivity index (χ2v) is 6.58. The third-order valence-electron chi connectivity index (χ3n) is 4.81. The van der Waals surface area contributed by atoms with Crippen molar-refractivity contribution in [3.63, 3.8) is 0 Å². The fraction of sp³-hybridized carbons (Fsp3) is 0.333. The number of nitrogens with zero attached hydrogens (tertiary/aromatic N) is 1. The van der Waals surface area contributed by atoms with Crippen LogP contribution < -0.4 is 0 Å².